The summed E-state index contributed by atoms with van der Waals surface area (Å²) < 4.78 is 10.8. The topological polar surface area (TPSA) is 83.1 Å². The third kappa shape index (κ3) is 4.91. The number of amides is 2. The maximum Gasteiger partial charge on any atom is 0.321 e. The number of ether oxygens (including phenoxy) is 2. The molecule has 1 N–H and O–H groups in total. The summed E-state index contributed by atoms with van der Waals surface area (Å²) in [5.41, 5.74) is 0.761. The Hall–Kier alpha value is -3.07. The summed E-state index contributed by atoms with van der Waals surface area (Å²) in [6.45, 7) is 8.33. The third-order valence-electron chi connectivity index (χ3n) is 5.23. The molecule has 0 saturated carbocycles. The van der Waals surface area contributed by atoms with Gasteiger partial charge < -0.3 is 29.5 Å². The minimum absolute atomic E-state index is 0.0875. The van der Waals surface area contributed by atoms with Crippen LogP contribution in [0.2, 0.25) is 0 Å². The Kier molecular flexibility index (Phi) is 6.48. The largest absolute Gasteiger partial charge is 0.494 e. The fourth-order valence-electron chi connectivity index (χ4n) is 3.57. The highest BCUT2D eigenvalue weighted by molar-refractivity contribution is 5.89. The van der Waals surface area contributed by atoms with E-state index in [4.69, 9.17) is 14.5 Å². The van der Waals surface area contributed by atoms with Crippen LogP contribution in [-0.4, -0.2) is 80.0 Å². The van der Waals surface area contributed by atoms with Crippen LogP contribution in [0.15, 0.2) is 36.5 Å². The molecule has 0 atom stereocenters. The van der Waals surface area contributed by atoms with E-state index in [1.807, 2.05) is 42.2 Å². The maximum absolute atomic E-state index is 12.6. The van der Waals surface area contributed by atoms with Crippen molar-refractivity contribution in [1.82, 2.24) is 14.9 Å². The Bertz CT molecular complexity index is 833. The highest BCUT2D eigenvalue weighted by Crippen LogP contribution is 2.19. The number of anilines is 3. The molecule has 160 valence electrons. The third-order valence-corrected chi connectivity index (χ3v) is 5.23. The average molecular weight is 412 g/mol. The fourth-order valence-corrected chi connectivity index (χ4v) is 3.57. The summed E-state index contributed by atoms with van der Waals surface area (Å²) >= 11 is 0. The van der Waals surface area contributed by atoms with Crippen LogP contribution < -0.4 is 19.9 Å². The predicted molar refractivity (Wildman–Crippen MR) is 115 cm³/mol. The highest BCUT2D eigenvalue weighted by atomic mass is 16.5. The van der Waals surface area contributed by atoms with Gasteiger partial charge in [-0.15, -0.1) is 0 Å². The van der Waals surface area contributed by atoms with Crippen molar-refractivity contribution in [3.8, 4) is 5.75 Å². The molecule has 2 aliphatic rings. The number of rotatable bonds is 5. The van der Waals surface area contributed by atoms with Gasteiger partial charge in [-0.05, 0) is 37.3 Å². The molecular weight excluding hydrogens is 384 g/mol. The van der Waals surface area contributed by atoms with Gasteiger partial charge in [-0.1, -0.05) is 0 Å². The minimum atomic E-state index is -0.0875. The van der Waals surface area contributed by atoms with Crippen LogP contribution in [0.4, 0.5) is 22.2 Å². The minimum Gasteiger partial charge on any atom is -0.494 e. The van der Waals surface area contributed by atoms with E-state index in [1.54, 1.807) is 6.20 Å². The summed E-state index contributed by atoms with van der Waals surface area (Å²) in [5, 5.41) is 2.96. The van der Waals surface area contributed by atoms with Crippen molar-refractivity contribution in [3.63, 3.8) is 0 Å². The van der Waals surface area contributed by atoms with Crippen LogP contribution in [0.5, 0.6) is 5.75 Å². The molecule has 4 rings (SSSR count). The molecule has 3 heterocycles. The number of hydrogen-bond donors (Lipinski definition) is 1. The van der Waals surface area contributed by atoms with E-state index in [-0.39, 0.29) is 6.03 Å². The number of carbonyl (C=O) groups is 1. The van der Waals surface area contributed by atoms with Crippen molar-refractivity contribution in [2.24, 2.45) is 0 Å². The van der Waals surface area contributed by atoms with Crippen molar-refractivity contribution in [2.75, 3.05) is 74.2 Å². The van der Waals surface area contributed by atoms with Crippen molar-refractivity contribution in [2.45, 2.75) is 6.92 Å². The van der Waals surface area contributed by atoms with Crippen LogP contribution in [-0.2, 0) is 4.74 Å². The van der Waals surface area contributed by atoms with E-state index >= 15 is 0 Å². The number of aromatic nitrogens is 2. The monoisotopic (exact) mass is 412 g/mol. The summed E-state index contributed by atoms with van der Waals surface area (Å²) in [5.74, 6) is 2.44. The van der Waals surface area contributed by atoms with E-state index in [1.165, 1.54) is 0 Å². The van der Waals surface area contributed by atoms with Gasteiger partial charge in [0.05, 0.1) is 19.8 Å². The van der Waals surface area contributed by atoms with Gasteiger partial charge in [0.25, 0.3) is 0 Å². The second kappa shape index (κ2) is 9.62. The number of nitrogens with zero attached hydrogens (tertiary/aromatic N) is 5. The van der Waals surface area contributed by atoms with Gasteiger partial charge in [0, 0.05) is 51.2 Å². The zero-order valence-corrected chi connectivity index (χ0v) is 17.3. The first-order chi connectivity index (χ1) is 14.7. The molecule has 1 aromatic heterocycles. The zero-order chi connectivity index (χ0) is 20.8. The lowest BCUT2D eigenvalue weighted by Gasteiger charge is -2.35. The van der Waals surface area contributed by atoms with Crippen molar-refractivity contribution >= 4 is 23.5 Å². The van der Waals surface area contributed by atoms with E-state index in [0.717, 1.165) is 49.4 Å². The van der Waals surface area contributed by atoms with Crippen molar-refractivity contribution < 1.29 is 14.3 Å². The van der Waals surface area contributed by atoms with Gasteiger partial charge in [0.15, 0.2) is 0 Å². The predicted octanol–water partition coefficient (Wildman–Crippen LogP) is 2.07. The SMILES string of the molecule is CCOc1ccc(NC(=O)N2CCN(c3ccnc(N4CCOCC4)n3)CC2)cc1. The quantitative estimate of drug-likeness (QED) is 0.805. The first-order valence-electron chi connectivity index (χ1n) is 10.4. The molecule has 9 nitrogen and oxygen atoms in total. The summed E-state index contributed by atoms with van der Waals surface area (Å²) in [4.78, 5) is 27.9. The van der Waals surface area contributed by atoms with Crippen LogP contribution in [0, 0.1) is 0 Å². The molecule has 0 bridgehead atoms. The van der Waals surface area contributed by atoms with E-state index < -0.39 is 0 Å². The van der Waals surface area contributed by atoms with Gasteiger partial charge in [-0.2, -0.15) is 4.98 Å². The summed E-state index contributed by atoms with van der Waals surface area (Å²) in [6.07, 6.45) is 1.80. The van der Waals surface area contributed by atoms with E-state index in [2.05, 4.69) is 20.1 Å². The summed E-state index contributed by atoms with van der Waals surface area (Å²) in [7, 11) is 0. The maximum atomic E-state index is 12.6. The molecule has 2 aromatic rings. The smallest absolute Gasteiger partial charge is 0.321 e. The molecule has 2 saturated heterocycles. The second-order valence-electron chi connectivity index (χ2n) is 7.18. The average Bonchev–Trinajstić information content (AvgIpc) is 2.81. The number of piperazine rings is 1. The van der Waals surface area contributed by atoms with E-state index in [0.29, 0.717) is 32.9 Å². The number of carbonyl (C=O) groups excluding carboxylic acids is 1. The molecule has 30 heavy (non-hydrogen) atoms. The highest BCUT2D eigenvalue weighted by Gasteiger charge is 2.23. The van der Waals surface area contributed by atoms with Crippen molar-refractivity contribution in [1.29, 1.82) is 0 Å². The van der Waals surface area contributed by atoms with Crippen molar-refractivity contribution in [3.05, 3.63) is 36.5 Å². The van der Waals surface area contributed by atoms with Crippen LogP contribution in [0.25, 0.3) is 0 Å². The van der Waals surface area contributed by atoms with Gasteiger partial charge in [-0.25, -0.2) is 9.78 Å². The Morgan fingerprint density at radius 3 is 2.47 bits per heavy atom. The lowest BCUT2D eigenvalue weighted by molar-refractivity contribution is 0.122. The summed E-state index contributed by atoms with van der Waals surface area (Å²) in [6, 6.07) is 9.27. The number of urea groups is 1. The molecule has 2 aliphatic heterocycles. The van der Waals surface area contributed by atoms with Crippen LogP contribution >= 0.6 is 0 Å². The van der Waals surface area contributed by atoms with Gasteiger partial charge in [0.1, 0.15) is 11.6 Å². The zero-order valence-electron chi connectivity index (χ0n) is 17.3. The van der Waals surface area contributed by atoms with Gasteiger partial charge in [0.2, 0.25) is 5.95 Å². The lowest BCUT2D eigenvalue weighted by Crippen LogP contribution is -2.50. The van der Waals surface area contributed by atoms with Crippen LogP contribution in [0.1, 0.15) is 6.92 Å². The Morgan fingerprint density at radius 2 is 1.77 bits per heavy atom. The molecule has 1 aromatic carbocycles. The first kappa shape index (κ1) is 20.2. The standard InChI is InChI=1S/C21H28N6O3/c1-2-30-18-5-3-17(4-6-18)23-21(28)27-11-9-25(10-12-27)19-7-8-22-20(24-19)26-13-15-29-16-14-26/h3-8H,2,9-16H2,1H3,(H,23,28). The second-order valence-corrected chi connectivity index (χ2v) is 7.18. The molecule has 0 radical (unpaired) electrons. The van der Waals surface area contributed by atoms with Gasteiger partial charge in [-0.3, -0.25) is 0 Å². The van der Waals surface area contributed by atoms with E-state index in [9.17, 15) is 4.79 Å². The Labute approximate surface area is 176 Å². The normalized spacial score (nSPS) is 17.0. The molecule has 0 aliphatic carbocycles. The number of morpholine rings is 1. The fraction of sp³-hybridized carbons (Fsp3) is 0.476. The molecule has 2 fully saturated rings. The molecule has 0 spiro atoms. The molecule has 0 unspecified atom stereocenters. The van der Waals surface area contributed by atoms with Gasteiger partial charge >= 0.3 is 6.03 Å². The first-order valence-corrected chi connectivity index (χ1v) is 10.4. The molecular formula is C21H28N6O3. The molecule has 9 heteroatoms. The number of nitrogens with one attached hydrogen (secondary N) is 1. The lowest BCUT2D eigenvalue weighted by atomic mass is 10.3. The Morgan fingerprint density at radius 1 is 1.03 bits per heavy atom. The number of hydrogen-bond acceptors (Lipinski definition) is 7. The molecule has 2 amide bonds. The van der Waals surface area contributed by atoms with Crippen LogP contribution in [0.3, 0.4) is 0 Å². The Balaban J connectivity index is 1.30. The number of benzene rings is 1.